The van der Waals surface area contributed by atoms with Crippen LogP contribution >= 0.6 is 0 Å². The van der Waals surface area contributed by atoms with Crippen LogP contribution in [-0.4, -0.2) is 58.9 Å². The first-order chi connectivity index (χ1) is 14.2. The van der Waals surface area contributed by atoms with E-state index in [1.54, 1.807) is 24.5 Å². The van der Waals surface area contributed by atoms with Crippen molar-refractivity contribution in [3.63, 3.8) is 0 Å². The highest BCUT2D eigenvalue weighted by molar-refractivity contribution is 5.94. The van der Waals surface area contributed by atoms with Crippen LogP contribution in [0.2, 0.25) is 0 Å². The molecule has 1 aromatic carbocycles. The molecule has 6 heteroatoms. The molecule has 1 aromatic heterocycles. The number of carbonyl (C=O) groups excluding carboxylic acids is 2. The summed E-state index contributed by atoms with van der Waals surface area (Å²) in [5, 5.41) is 0. The van der Waals surface area contributed by atoms with E-state index in [-0.39, 0.29) is 17.9 Å². The molecular formula is C23H27N3O3. The lowest BCUT2D eigenvalue weighted by atomic mass is 9.94. The molecule has 3 fully saturated rings. The number of fused-ring (bicyclic) bond motifs is 4. The number of hydrogen-bond acceptors (Lipinski definition) is 4. The van der Waals surface area contributed by atoms with Gasteiger partial charge in [-0.25, -0.2) is 0 Å². The molecule has 152 valence electrons. The van der Waals surface area contributed by atoms with Gasteiger partial charge in [0.25, 0.3) is 5.91 Å². The normalized spacial score (nSPS) is 21.0. The first-order valence-corrected chi connectivity index (χ1v) is 10.4. The van der Waals surface area contributed by atoms with Gasteiger partial charge in [0.15, 0.2) is 0 Å². The number of carbonyl (C=O) groups is 2. The molecule has 0 unspecified atom stereocenters. The van der Waals surface area contributed by atoms with Gasteiger partial charge in [0.2, 0.25) is 5.91 Å². The molecule has 2 amide bonds. The molecular weight excluding hydrogens is 366 g/mol. The number of piperidine rings is 1. The molecule has 2 atom stereocenters. The average Bonchev–Trinajstić information content (AvgIpc) is 3.09. The lowest BCUT2D eigenvalue weighted by Crippen LogP contribution is -2.47. The fourth-order valence-corrected chi connectivity index (χ4v) is 4.30. The Labute approximate surface area is 171 Å². The Morgan fingerprint density at radius 3 is 2.59 bits per heavy atom. The van der Waals surface area contributed by atoms with Crippen LogP contribution in [0.3, 0.4) is 0 Å². The van der Waals surface area contributed by atoms with Crippen molar-refractivity contribution in [2.24, 2.45) is 5.92 Å². The molecule has 5 rings (SSSR count). The van der Waals surface area contributed by atoms with Crippen LogP contribution in [0.5, 0.6) is 5.75 Å². The zero-order valence-corrected chi connectivity index (χ0v) is 16.6. The van der Waals surface area contributed by atoms with E-state index in [1.807, 2.05) is 40.1 Å². The van der Waals surface area contributed by atoms with Gasteiger partial charge in [-0.2, -0.15) is 0 Å². The van der Waals surface area contributed by atoms with Gasteiger partial charge in [0.05, 0.1) is 6.61 Å². The zero-order valence-electron chi connectivity index (χ0n) is 16.6. The summed E-state index contributed by atoms with van der Waals surface area (Å²) >= 11 is 0. The molecule has 3 aliphatic rings. The fourth-order valence-electron chi connectivity index (χ4n) is 4.30. The van der Waals surface area contributed by atoms with Gasteiger partial charge in [0, 0.05) is 50.1 Å². The lowest BCUT2D eigenvalue weighted by Gasteiger charge is -2.36. The molecule has 4 heterocycles. The van der Waals surface area contributed by atoms with Crippen LogP contribution in [0.1, 0.15) is 36.0 Å². The summed E-state index contributed by atoms with van der Waals surface area (Å²) in [5.41, 5.74) is 0.664. The summed E-state index contributed by atoms with van der Waals surface area (Å²) < 4.78 is 5.70. The van der Waals surface area contributed by atoms with Gasteiger partial charge >= 0.3 is 0 Å². The molecule has 6 nitrogen and oxygen atoms in total. The molecule has 0 radical (unpaired) electrons. The summed E-state index contributed by atoms with van der Waals surface area (Å²) in [6.07, 6.45) is 6.51. The molecule has 0 spiro atoms. The predicted octanol–water partition coefficient (Wildman–Crippen LogP) is 3.00. The average molecular weight is 393 g/mol. The van der Waals surface area contributed by atoms with E-state index in [4.69, 9.17) is 4.74 Å². The number of para-hydroxylation sites is 1. The number of benzene rings is 1. The Morgan fingerprint density at radius 2 is 1.79 bits per heavy atom. The summed E-state index contributed by atoms with van der Waals surface area (Å²) in [5.74, 6) is 1.40. The lowest BCUT2D eigenvalue weighted by molar-refractivity contribution is -0.135. The quantitative estimate of drug-likeness (QED) is 0.708. The standard InChI is InChI=1S/C23H27N3O3/c27-22(7-4-14-29-21-5-2-1-3-6-21)26-16-18-8-9-20(26)17-25(15-18)23(28)19-10-12-24-13-11-19/h1-3,5-6,10-13,18,20H,4,7-9,14-17H2/t18-,20+/m1/s1. The fraction of sp³-hybridized carbons (Fsp3) is 0.435. The number of rotatable bonds is 6. The number of ether oxygens (including phenoxy) is 1. The summed E-state index contributed by atoms with van der Waals surface area (Å²) in [7, 11) is 0. The van der Waals surface area contributed by atoms with Crippen LogP contribution in [0.25, 0.3) is 0 Å². The molecule has 0 saturated carbocycles. The first-order valence-electron chi connectivity index (χ1n) is 10.4. The number of pyridine rings is 1. The minimum atomic E-state index is 0.0369. The van der Waals surface area contributed by atoms with Crippen molar-refractivity contribution in [2.75, 3.05) is 26.2 Å². The third-order valence-corrected chi connectivity index (χ3v) is 5.80. The smallest absolute Gasteiger partial charge is 0.254 e. The summed E-state index contributed by atoms with van der Waals surface area (Å²) in [6.45, 7) is 2.62. The Bertz CT molecular complexity index is 828. The van der Waals surface area contributed by atoms with E-state index in [2.05, 4.69) is 4.98 Å². The van der Waals surface area contributed by atoms with Crippen molar-refractivity contribution in [2.45, 2.75) is 31.7 Å². The first kappa shape index (κ1) is 19.4. The van der Waals surface area contributed by atoms with Gasteiger partial charge in [-0.3, -0.25) is 14.6 Å². The maximum absolute atomic E-state index is 12.9. The molecule has 29 heavy (non-hydrogen) atoms. The summed E-state index contributed by atoms with van der Waals surface area (Å²) in [6, 6.07) is 13.3. The third kappa shape index (κ3) is 4.75. The van der Waals surface area contributed by atoms with E-state index in [9.17, 15) is 9.59 Å². The minimum absolute atomic E-state index is 0.0369. The molecule has 0 aliphatic carbocycles. The Morgan fingerprint density at radius 1 is 1.00 bits per heavy atom. The Hall–Kier alpha value is -2.89. The van der Waals surface area contributed by atoms with Gasteiger partial charge in [-0.05, 0) is 49.4 Å². The summed E-state index contributed by atoms with van der Waals surface area (Å²) in [4.78, 5) is 33.6. The molecule has 3 saturated heterocycles. The van der Waals surface area contributed by atoms with E-state index >= 15 is 0 Å². The largest absolute Gasteiger partial charge is 0.494 e. The highest BCUT2D eigenvalue weighted by Crippen LogP contribution is 2.29. The van der Waals surface area contributed by atoms with Gasteiger partial charge in [-0.1, -0.05) is 18.2 Å². The highest BCUT2D eigenvalue weighted by atomic mass is 16.5. The van der Waals surface area contributed by atoms with Gasteiger partial charge in [0.1, 0.15) is 5.75 Å². The molecule has 2 aromatic rings. The van der Waals surface area contributed by atoms with Crippen LogP contribution in [0.4, 0.5) is 0 Å². The van der Waals surface area contributed by atoms with E-state index in [0.29, 0.717) is 37.5 Å². The van der Waals surface area contributed by atoms with Crippen molar-refractivity contribution >= 4 is 11.8 Å². The van der Waals surface area contributed by atoms with Crippen LogP contribution in [-0.2, 0) is 4.79 Å². The van der Waals surface area contributed by atoms with Crippen molar-refractivity contribution in [1.82, 2.24) is 14.8 Å². The monoisotopic (exact) mass is 393 g/mol. The van der Waals surface area contributed by atoms with Crippen molar-refractivity contribution in [1.29, 1.82) is 0 Å². The zero-order chi connectivity index (χ0) is 20.1. The number of aromatic nitrogens is 1. The van der Waals surface area contributed by atoms with Crippen LogP contribution < -0.4 is 4.74 Å². The van der Waals surface area contributed by atoms with Crippen molar-refractivity contribution < 1.29 is 14.3 Å². The number of amides is 2. The van der Waals surface area contributed by atoms with Crippen LogP contribution in [0, 0.1) is 5.92 Å². The Kier molecular flexibility index (Phi) is 6.08. The topological polar surface area (TPSA) is 62.7 Å². The van der Waals surface area contributed by atoms with Crippen molar-refractivity contribution in [3.8, 4) is 5.75 Å². The second-order valence-electron chi connectivity index (χ2n) is 7.85. The van der Waals surface area contributed by atoms with Gasteiger partial charge < -0.3 is 14.5 Å². The third-order valence-electron chi connectivity index (χ3n) is 5.80. The highest BCUT2D eigenvalue weighted by Gasteiger charge is 2.38. The second-order valence-corrected chi connectivity index (χ2v) is 7.85. The van der Waals surface area contributed by atoms with E-state index in [1.165, 1.54) is 0 Å². The van der Waals surface area contributed by atoms with Crippen molar-refractivity contribution in [3.05, 3.63) is 60.4 Å². The van der Waals surface area contributed by atoms with Gasteiger partial charge in [-0.15, -0.1) is 0 Å². The van der Waals surface area contributed by atoms with E-state index in [0.717, 1.165) is 31.7 Å². The Balaban J connectivity index is 1.31. The van der Waals surface area contributed by atoms with E-state index < -0.39 is 0 Å². The number of nitrogens with zero attached hydrogens (tertiary/aromatic N) is 3. The SMILES string of the molecule is O=C(c1ccncc1)N1C[C@H]2CC[C@@H](C1)N(C(=O)CCCOc1ccccc1)C2. The number of hydrogen-bond donors (Lipinski definition) is 0. The molecule has 0 N–H and O–H groups in total. The molecule has 3 aliphatic heterocycles. The maximum atomic E-state index is 12.9. The molecule has 2 bridgehead atoms. The van der Waals surface area contributed by atoms with Crippen LogP contribution in [0.15, 0.2) is 54.9 Å². The predicted molar refractivity (Wildman–Crippen MR) is 110 cm³/mol. The maximum Gasteiger partial charge on any atom is 0.254 e. The second kappa shape index (κ2) is 9.07. The minimum Gasteiger partial charge on any atom is -0.494 e.